The zero-order chi connectivity index (χ0) is 22.8. The van der Waals surface area contributed by atoms with Gasteiger partial charge in [-0.15, -0.1) is 0 Å². The second-order valence-electron chi connectivity index (χ2n) is 8.65. The van der Waals surface area contributed by atoms with Gasteiger partial charge in [0.1, 0.15) is 17.4 Å². The fraction of sp³-hybridized carbons (Fsp3) is 0.360. The zero-order valence-corrected chi connectivity index (χ0v) is 19.0. The lowest BCUT2D eigenvalue weighted by Gasteiger charge is -2.36. The zero-order valence-electron chi connectivity index (χ0n) is 19.0. The van der Waals surface area contributed by atoms with Gasteiger partial charge in [-0.2, -0.15) is 4.98 Å². The molecule has 1 saturated heterocycles. The molecule has 1 aliphatic carbocycles. The first-order valence-corrected chi connectivity index (χ1v) is 11.4. The van der Waals surface area contributed by atoms with E-state index in [0.717, 1.165) is 55.5 Å². The smallest absolute Gasteiger partial charge is 0.227 e. The van der Waals surface area contributed by atoms with Gasteiger partial charge in [0.05, 0.1) is 18.4 Å². The van der Waals surface area contributed by atoms with Crippen molar-refractivity contribution in [1.82, 2.24) is 15.0 Å². The number of aromatic nitrogens is 3. The van der Waals surface area contributed by atoms with Gasteiger partial charge in [0.25, 0.3) is 0 Å². The lowest BCUT2D eigenvalue weighted by Crippen LogP contribution is -2.47. The third-order valence-electron chi connectivity index (χ3n) is 6.22. The van der Waals surface area contributed by atoms with Gasteiger partial charge in [-0.3, -0.25) is 4.79 Å². The molecule has 2 aliphatic rings. The summed E-state index contributed by atoms with van der Waals surface area (Å²) in [5.41, 5.74) is 2.32. The monoisotopic (exact) mass is 444 g/mol. The van der Waals surface area contributed by atoms with Crippen molar-refractivity contribution in [2.24, 2.45) is 5.92 Å². The molecule has 8 heteroatoms. The lowest BCUT2D eigenvalue weighted by atomic mass is 9.87. The molecule has 0 radical (unpaired) electrons. The number of Topliss-reactive ketones (excluding diaryl/α,β-unsaturated/α-hetero) is 1. The molecule has 0 amide bonds. The van der Waals surface area contributed by atoms with Crippen molar-refractivity contribution in [3.05, 3.63) is 59.9 Å². The Hall–Kier alpha value is -3.68. The molecule has 1 atom stereocenters. The summed E-state index contributed by atoms with van der Waals surface area (Å²) in [6.07, 6.45) is 3.13. The van der Waals surface area contributed by atoms with Crippen LogP contribution in [0.5, 0.6) is 5.75 Å². The topological polar surface area (TPSA) is 83.5 Å². The fourth-order valence-electron chi connectivity index (χ4n) is 4.47. The number of hydrogen-bond donors (Lipinski definition) is 1. The van der Waals surface area contributed by atoms with E-state index in [-0.39, 0.29) is 11.7 Å². The Morgan fingerprint density at radius 2 is 1.73 bits per heavy atom. The van der Waals surface area contributed by atoms with Crippen LogP contribution >= 0.6 is 0 Å². The lowest BCUT2D eigenvalue weighted by molar-refractivity contribution is 0.0952. The molecular formula is C25H28N6O2. The van der Waals surface area contributed by atoms with Gasteiger partial charge in [0, 0.05) is 44.5 Å². The second kappa shape index (κ2) is 9.05. The Bertz CT molecular complexity index is 1130. The van der Waals surface area contributed by atoms with Gasteiger partial charge in [-0.25, -0.2) is 9.97 Å². The number of fused-ring (bicyclic) bond motifs is 1. The molecule has 1 aliphatic heterocycles. The van der Waals surface area contributed by atoms with Crippen LogP contribution < -0.4 is 19.9 Å². The van der Waals surface area contributed by atoms with Crippen molar-refractivity contribution >= 4 is 29.1 Å². The third kappa shape index (κ3) is 4.46. The van der Waals surface area contributed by atoms with Gasteiger partial charge in [0.2, 0.25) is 5.95 Å². The third-order valence-corrected chi connectivity index (χ3v) is 6.22. The first-order valence-electron chi connectivity index (χ1n) is 11.4. The first-order chi connectivity index (χ1) is 16.1. The van der Waals surface area contributed by atoms with E-state index in [4.69, 9.17) is 14.7 Å². The highest BCUT2D eigenvalue weighted by atomic mass is 16.5. The van der Waals surface area contributed by atoms with Gasteiger partial charge >= 0.3 is 0 Å². The summed E-state index contributed by atoms with van der Waals surface area (Å²) in [5, 5.41) is 3.37. The minimum atomic E-state index is 0.103. The fourth-order valence-corrected chi connectivity index (χ4v) is 4.47. The van der Waals surface area contributed by atoms with E-state index in [2.05, 4.69) is 27.0 Å². The highest BCUT2D eigenvalue weighted by molar-refractivity contribution is 6.03. The number of pyridine rings is 1. The molecule has 33 heavy (non-hydrogen) atoms. The number of methoxy groups -OCH3 is 1. The van der Waals surface area contributed by atoms with Crippen LogP contribution in [-0.4, -0.2) is 54.0 Å². The summed E-state index contributed by atoms with van der Waals surface area (Å²) >= 11 is 0. The van der Waals surface area contributed by atoms with Crippen LogP contribution in [0.15, 0.2) is 48.7 Å². The maximum absolute atomic E-state index is 12.9. The molecule has 2 aromatic heterocycles. The Balaban J connectivity index is 1.42. The number of piperazine rings is 1. The van der Waals surface area contributed by atoms with Crippen LogP contribution in [0.1, 0.15) is 29.4 Å². The second-order valence-corrected chi connectivity index (χ2v) is 8.65. The predicted octanol–water partition coefficient (Wildman–Crippen LogP) is 3.72. The van der Waals surface area contributed by atoms with Crippen LogP contribution in [0.3, 0.4) is 0 Å². The van der Waals surface area contributed by atoms with E-state index >= 15 is 0 Å². The molecule has 8 nitrogen and oxygen atoms in total. The summed E-state index contributed by atoms with van der Waals surface area (Å²) < 4.78 is 5.26. The Morgan fingerprint density at radius 1 is 0.970 bits per heavy atom. The molecule has 1 aromatic carbocycles. The molecule has 170 valence electrons. The summed E-state index contributed by atoms with van der Waals surface area (Å²) in [6.45, 7) is 5.37. The number of carbonyl (C=O) groups excluding carboxylic acids is 1. The molecule has 0 saturated carbocycles. The van der Waals surface area contributed by atoms with Crippen molar-refractivity contribution in [3.63, 3.8) is 0 Å². The minimum absolute atomic E-state index is 0.103. The van der Waals surface area contributed by atoms with E-state index in [1.54, 1.807) is 7.11 Å². The summed E-state index contributed by atoms with van der Waals surface area (Å²) in [6, 6.07) is 13.6. The number of rotatable bonds is 5. The van der Waals surface area contributed by atoms with Gasteiger partial charge in [-0.1, -0.05) is 13.0 Å². The predicted molar refractivity (Wildman–Crippen MR) is 129 cm³/mol. The Morgan fingerprint density at radius 3 is 2.42 bits per heavy atom. The number of hydrogen-bond acceptors (Lipinski definition) is 8. The molecule has 5 rings (SSSR count). The molecule has 1 fully saturated rings. The number of carbonyl (C=O) groups is 1. The highest BCUT2D eigenvalue weighted by Crippen LogP contribution is 2.32. The molecular weight excluding hydrogens is 416 g/mol. The number of ketones is 1. The van der Waals surface area contributed by atoms with Crippen molar-refractivity contribution in [1.29, 1.82) is 0 Å². The van der Waals surface area contributed by atoms with Gasteiger partial charge in [0.15, 0.2) is 5.78 Å². The van der Waals surface area contributed by atoms with E-state index < -0.39 is 0 Å². The van der Waals surface area contributed by atoms with Crippen LogP contribution in [0.2, 0.25) is 0 Å². The molecule has 1 N–H and O–H groups in total. The standard InChI is InChI=1S/C25H28N6O2/c1-17-15-20-23(21(32)16-17)24(27-18-6-8-19(33-2)9-7-18)29-25(28-20)31-13-11-30(12-14-31)22-5-3-4-10-26-22/h3-10,17H,11-16H2,1-2H3,(H,27,28,29). The maximum atomic E-state index is 12.9. The SMILES string of the molecule is COc1ccc(Nc2nc(N3CCN(c4ccccn4)CC3)nc3c2C(=O)CC(C)C3)cc1. The average molecular weight is 445 g/mol. The average Bonchev–Trinajstić information content (AvgIpc) is 2.84. The van der Waals surface area contributed by atoms with Crippen LogP contribution in [-0.2, 0) is 6.42 Å². The largest absolute Gasteiger partial charge is 0.497 e. The van der Waals surface area contributed by atoms with Crippen LogP contribution in [0.25, 0.3) is 0 Å². The van der Waals surface area contributed by atoms with Crippen molar-refractivity contribution in [2.75, 3.05) is 48.4 Å². The van der Waals surface area contributed by atoms with E-state index in [1.165, 1.54) is 0 Å². The van der Waals surface area contributed by atoms with Crippen LogP contribution in [0, 0.1) is 5.92 Å². The number of benzene rings is 1. The maximum Gasteiger partial charge on any atom is 0.227 e. The number of nitrogens with one attached hydrogen (secondary N) is 1. The molecule has 3 aromatic rings. The van der Waals surface area contributed by atoms with Gasteiger partial charge in [-0.05, 0) is 48.7 Å². The summed E-state index contributed by atoms with van der Waals surface area (Å²) in [4.78, 5) is 31.6. The van der Waals surface area contributed by atoms with E-state index in [9.17, 15) is 4.79 Å². The summed E-state index contributed by atoms with van der Waals surface area (Å²) in [5.74, 6) is 3.41. The van der Waals surface area contributed by atoms with E-state index in [0.29, 0.717) is 23.8 Å². The summed E-state index contributed by atoms with van der Waals surface area (Å²) in [7, 11) is 1.64. The van der Waals surface area contributed by atoms with Crippen molar-refractivity contribution in [3.8, 4) is 5.75 Å². The van der Waals surface area contributed by atoms with Gasteiger partial charge < -0.3 is 19.9 Å². The molecule has 0 spiro atoms. The number of nitrogens with zero attached hydrogens (tertiary/aromatic N) is 5. The number of anilines is 4. The normalized spacial score (nSPS) is 18.1. The van der Waals surface area contributed by atoms with Crippen LogP contribution in [0.4, 0.5) is 23.3 Å². The van der Waals surface area contributed by atoms with Crippen molar-refractivity contribution in [2.45, 2.75) is 19.8 Å². The Labute approximate surface area is 193 Å². The minimum Gasteiger partial charge on any atom is -0.497 e. The number of ether oxygens (including phenoxy) is 1. The first kappa shape index (κ1) is 21.2. The molecule has 1 unspecified atom stereocenters. The quantitative estimate of drug-likeness (QED) is 0.638. The Kier molecular flexibility index (Phi) is 5.81. The van der Waals surface area contributed by atoms with Crippen molar-refractivity contribution < 1.29 is 9.53 Å². The molecule has 0 bridgehead atoms. The highest BCUT2D eigenvalue weighted by Gasteiger charge is 2.30. The van der Waals surface area contributed by atoms with E-state index in [1.807, 2.05) is 48.7 Å². The molecule has 3 heterocycles.